The number of alkyl halides is 1. The summed E-state index contributed by atoms with van der Waals surface area (Å²) in [7, 11) is 0. The number of rotatable bonds is 5. The lowest BCUT2D eigenvalue weighted by molar-refractivity contribution is -0.0000970. The molecule has 1 saturated heterocycles. The van der Waals surface area contributed by atoms with Crippen LogP contribution in [0.5, 0.6) is 0 Å². The average Bonchev–Trinajstić information content (AvgIpc) is 2.20. The highest BCUT2D eigenvalue weighted by Crippen LogP contribution is 2.34. The number of thioether (sulfide) groups is 1. The Morgan fingerprint density at radius 2 is 2.38 bits per heavy atom. The molecule has 0 saturated carbocycles. The molecule has 0 aliphatic carbocycles. The van der Waals surface area contributed by atoms with E-state index in [2.05, 4.69) is 6.26 Å². The maximum absolute atomic E-state index is 6.03. The van der Waals surface area contributed by atoms with Crippen LogP contribution in [0.2, 0.25) is 0 Å². The highest BCUT2D eigenvalue weighted by Gasteiger charge is 2.31. The second-order valence-electron chi connectivity index (χ2n) is 3.89. The molecular weight excluding hydrogens is 204 g/mol. The Kier molecular flexibility index (Phi) is 5.52. The van der Waals surface area contributed by atoms with E-state index < -0.39 is 0 Å². The quantitative estimate of drug-likeness (QED) is 0.522. The molecular formula is C10H19ClOS. The van der Waals surface area contributed by atoms with Gasteiger partial charge in [0.1, 0.15) is 0 Å². The normalized spacial score (nSPS) is 29.1. The van der Waals surface area contributed by atoms with Crippen LogP contribution < -0.4 is 0 Å². The van der Waals surface area contributed by atoms with Crippen LogP contribution in [-0.2, 0) is 4.74 Å². The Bertz CT molecular complexity index is 135. The Morgan fingerprint density at radius 1 is 1.54 bits per heavy atom. The van der Waals surface area contributed by atoms with Crippen molar-refractivity contribution in [2.45, 2.75) is 25.7 Å². The molecule has 0 amide bonds. The zero-order valence-electron chi connectivity index (χ0n) is 8.35. The van der Waals surface area contributed by atoms with Gasteiger partial charge in [-0.25, -0.2) is 0 Å². The summed E-state index contributed by atoms with van der Waals surface area (Å²) in [4.78, 5) is 0. The van der Waals surface area contributed by atoms with Gasteiger partial charge in [0.15, 0.2) is 0 Å². The Morgan fingerprint density at radius 3 is 2.92 bits per heavy atom. The van der Waals surface area contributed by atoms with Gasteiger partial charge in [-0.1, -0.05) is 0 Å². The van der Waals surface area contributed by atoms with Crippen molar-refractivity contribution in [2.75, 3.05) is 31.1 Å². The largest absolute Gasteiger partial charge is 0.381 e. The third-order valence-electron chi connectivity index (χ3n) is 2.74. The lowest BCUT2D eigenvalue weighted by Gasteiger charge is -2.35. The molecule has 1 aliphatic heterocycles. The van der Waals surface area contributed by atoms with Crippen molar-refractivity contribution in [1.29, 1.82) is 0 Å². The summed E-state index contributed by atoms with van der Waals surface area (Å²) in [6.07, 6.45) is 7.11. The predicted molar refractivity (Wildman–Crippen MR) is 60.8 cm³/mol. The number of halogens is 1. The lowest BCUT2D eigenvalue weighted by atomic mass is 9.80. The van der Waals surface area contributed by atoms with E-state index >= 15 is 0 Å². The fraction of sp³-hybridized carbons (Fsp3) is 1.00. The molecule has 0 spiro atoms. The zero-order valence-corrected chi connectivity index (χ0v) is 9.92. The van der Waals surface area contributed by atoms with Gasteiger partial charge < -0.3 is 4.74 Å². The van der Waals surface area contributed by atoms with E-state index in [1.165, 1.54) is 31.4 Å². The van der Waals surface area contributed by atoms with Crippen molar-refractivity contribution in [1.82, 2.24) is 0 Å². The third-order valence-corrected chi connectivity index (χ3v) is 4.01. The van der Waals surface area contributed by atoms with Crippen LogP contribution in [0.15, 0.2) is 0 Å². The zero-order chi connectivity index (χ0) is 9.57. The van der Waals surface area contributed by atoms with Crippen LogP contribution in [0, 0.1) is 5.41 Å². The molecule has 1 fully saturated rings. The Hall–Kier alpha value is 0.600. The summed E-state index contributed by atoms with van der Waals surface area (Å²) >= 11 is 7.94. The molecule has 1 aliphatic rings. The molecule has 1 nitrogen and oxygen atoms in total. The van der Waals surface area contributed by atoms with E-state index in [1.807, 2.05) is 11.8 Å². The second-order valence-corrected chi connectivity index (χ2v) is 5.14. The third kappa shape index (κ3) is 3.69. The molecule has 0 aromatic rings. The number of hydrogen-bond acceptors (Lipinski definition) is 2. The van der Waals surface area contributed by atoms with Crippen LogP contribution in [0.25, 0.3) is 0 Å². The van der Waals surface area contributed by atoms with Gasteiger partial charge in [0.2, 0.25) is 0 Å². The van der Waals surface area contributed by atoms with E-state index in [1.54, 1.807) is 0 Å². The molecule has 0 N–H and O–H groups in total. The van der Waals surface area contributed by atoms with Gasteiger partial charge in [-0.3, -0.25) is 0 Å². The van der Waals surface area contributed by atoms with Crippen LogP contribution in [0.1, 0.15) is 25.7 Å². The standard InChI is InChI=1S/C10H19ClOS/c1-13-7-3-5-10(8-11)4-2-6-12-9-10/h2-9H2,1H3. The van der Waals surface area contributed by atoms with Gasteiger partial charge in [-0.05, 0) is 37.7 Å². The fourth-order valence-electron chi connectivity index (χ4n) is 1.87. The van der Waals surface area contributed by atoms with Crippen molar-refractivity contribution in [2.24, 2.45) is 5.41 Å². The summed E-state index contributed by atoms with van der Waals surface area (Å²) in [5, 5.41) is 0. The molecule has 0 radical (unpaired) electrons. The fourth-order valence-corrected chi connectivity index (χ4v) is 2.65. The van der Waals surface area contributed by atoms with E-state index in [0.717, 1.165) is 19.1 Å². The van der Waals surface area contributed by atoms with Crippen LogP contribution >= 0.6 is 23.4 Å². The molecule has 13 heavy (non-hydrogen) atoms. The average molecular weight is 223 g/mol. The van der Waals surface area contributed by atoms with Crippen LogP contribution in [0.3, 0.4) is 0 Å². The number of ether oxygens (including phenoxy) is 1. The molecule has 0 bridgehead atoms. The minimum absolute atomic E-state index is 0.301. The monoisotopic (exact) mass is 222 g/mol. The first-order valence-electron chi connectivity index (χ1n) is 4.96. The van der Waals surface area contributed by atoms with E-state index in [9.17, 15) is 0 Å². The van der Waals surface area contributed by atoms with E-state index in [0.29, 0.717) is 5.41 Å². The SMILES string of the molecule is CSCCCC1(CCl)CCCOC1. The maximum atomic E-state index is 6.03. The van der Waals surface area contributed by atoms with Crippen LogP contribution in [-0.4, -0.2) is 31.1 Å². The minimum atomic E-state index is 0.301. The first kappa shape index (κ1) is 11.7. The lowest BCUT2D eigenvalue weighted by Crippen LogP contribution is -2.33. The first-order chi connectivity index (χ1) is 6.33. The summed E-state index contributed by atoms with van der Waals surface area (Å²) in [6.45, 7) is 1.81. The highest BCUT2D eigenvalue weighted by molar-refractivity contribution is 7.98. The minimum Gasteiger partial charge on any atom is -0.381 e. The molecule has 1 atom stereocenters. The molecule has 3 heteroatoms. The molecule has 1 rings (SSSR count). The van der Waals surface area contributed by atoms with Crippen molar-refractivity contribution >= 4 is 23.4 Å². The van der Waals surface area contributed by atoms with Gasteiger partial charge in [0, 0.05) is 17.9 Å². The Labute approximate surface area is 90.6 Å². The van der Waals surface area contributed by atoms with Gasteiger partial charge in [-0.15, -0.1) is 11.6 Å². The Balaban J connectivity index is 2.29. The molecule has 78 valence electrons. The smallest absolute Gasteiger partial charge is 0.0533 e. The van der Waals surface area contributed by atoms with Gasteiger partial charge in [-0.2, -0.15) is 11.8 Å². The van der Waals surface area contributed by atoms with Crippen molar-refractivity contribution < 1.29 is 4.74 Å². The molecule has 0 aromatic carbocycles. The van der Waals surface area contributed by atoms with Gasteiger partial charge >= 0.3 is 0 Å². The van der Waals surface area contributed by atoms with E-state index in [4.69, 9.17) is 16.3 Å². The molecule has 1 unspecified atom stereocenters. The summed E-state index contributed by atoms with van der Waals surface area (Å²) in [6, 6.07) is 0. The molecule has 0 aromatic heterocycles. The topological polar surface area (TPSA) is 9.23 Å². The second kappa shape index (κ2) is 6.15. The summed E-state index contributed by atoms with van der Waals surface area (Å²) in [5.74, 6) is 2.01. The van der Waals surface area contributed by atoms with Crippen molar-refractivity contribution in [3.8, 4) is 0 Å². The van der Waals surface area contributed by atoms with Crippen molar-refractivity contribution in [3.05, 3.63) is 0 Å². The molecule has 1 heterocycles. The first-order valence-corrected chi connectivity index (χ1v) is 6.88. The summed E-state index contributed by atoms with van der Waals surface area (Å²) < 4.78 is 5.52. The van der Waals surface area contributed by atoms with Crippen LogP contribution in [0.4, 0.5) is 0 Å². The maximum Gasteiger partial charge on any atom is 0.0533 e. The van der Waals surface area contributed by atoms with E-state index in [-0.39, 0.29) is 0 Å². The number of hydrogen-bond donors (Lipinski definition) is 0. The van der Waals surface area contributed by atoms with Crippen molar-refractivity contribution in [3.63, 3.8) is 0 Å². The predicted octanol–water partition coefficient (Wildman–Crippen LogP) is 3.17. The highest BCUT2D eigenvalue weighted by atomic mass is 35.5. The van der Waals surface area contributed by atoms with Gasteiger partial charge in [0.05, 0.1) is 6.61 Å². The summed E-state index contributed by atoms with van der Waals surface area (Å²) in [5.41, 5.74) is 0.301. The van der Waals surface area contributed by atoms with Gasteiger partial charge in [0.25, 0.3) is 0 Å².